The van der Waals surface area contributed by atoms with Crippen LogP contribution in [-0.4, -0.2) is 36.6 Å². The first-order valence-electron chi connectivity index (χ1n) is 7.40. The lowest BCUT2D eigenvalue weighted by Gasteiger charge is -2.22. The summed E-state index contributed by atoms with van der Waals surface area (Å²) >= 11 is 0. The fourth-order valence-electron chi connectivity index (χ4n) is 2.25. The maximum absolute atomic E-state index is 12.0. The zero-order chi connectivity index (χ0) is 16.1. The third-order valence-electron chi connectivity index (χ3n) is 3.30. The highest BCUT2D eigenvalue weighted by Crippen LogP contribution is 2.34. The van der Waals surface area contributed by atoms with Gasteiger partial charge in [0.05, 0.1) is 0 Å². The Morgan fingerprint density at radius 2 is 2.00 bits per heavy atom. The molecule has 6 nitrogen and oxygen atoms in total. The minimum absolute atomic E-state index is 0.00965. The van der Waals surface area contributed by atoms with Gasteiger partial charge in [0.1, 0.15) is 0 Å². The quantitative estimate of drug-likeness (QED) is 0.875. The molecular formula is C16H22N2O4. The molecule has 1 aromatic carbocycles. The van der Waals surface area contributed by atoms with Crippen LogP contribution in [0.5, 0.6) is 11.5 Å². The van der Waals surface area contributed by atoms with Crippen molar-refractivity contribution in [3.8, 4) is 11.5 Å². The Labute approximate surface area is 130 Å². The number of hydrogen-bond donors (Lipinski definition) is 1. The Bertz CT molecular complexity index is 557. The molecule has 22 heavy (non-hydrogen) atoms. The lowest BCUT2D eigenvalue weighted by atomic mass is 10.2. The fourth-order valence-corrected chi connectivity index (χ4v) is 2.25. The number of carbonyl (C=O) groups is 2. The maximum Gasteiger partial charge on any atom is 0.231 e. The zero-order valence-corrected chi connectivity index (χ0v) is 13.2. The van der Waals surface area contributed by atoms with E-state index in [1.807, 2.05) is 13.8 Å². The van der Waals surface area contributed by atoms with Gasteiger partial charge in [-0.3, -0.25) is 9.59 Å². The molecule has 0 unspecified atom stereocenters. The van der Waals surface area contributed by atoms with Gasteiger partial charge in [-0.15, -0.1) is 0 Å². The Hall–Kier alpha value is -2.24. The smallest absolute Gasteiger partial charge is 0.231 e. The van der Waals surface area contributed by atoms with Crippen LogP contribution in [0.3, 0.4) is 0 Å². The number of nitrogens with one attached hydrogen (secondary N) is 1. The predicted molar refractivity (Wildman–Crippen MR) is 82.9 cm³/mol. The molecule has 1 aliphatic rings. The van der Waals surface area contributed by atoms with E-state index in [-0.39, 0.29) is 25.0 Å². The highest BCUT2D eigenvalue weighted by molar-refractivity contribution is 5.91. The van der Waals surface area contributed by atoms with E-state index >= 15 is 0 Å². The summed E-state index contributed by atoms with van der Waals surface area (Å²) in [5.74, 6) is 1.54. The molecular weight excluding hydrogens is 284 g/mol. The molecule has 0 saturated heterocycles. The summed E-state index contributed by atoms with van der Waals surface area (Å²) < 4.78 is 10.5. The van der Waals surface area contributed by atoms with E-state index in [4.69, 9.17) is 9.47 Å². The molecule has 1 heterocycles. The average Bonchev–Trinajstić information content (AvgIpc) is 2.90. The molecule has 0 aliphatic carbocycles. The lowest BCUT2D eigenvalue weighted by molar-refractivity contribution is -0.129. The van der Waals surface area contributed by atoms with Crippen LogP contribution in [0.15, 0.2) is 18.2 Å². The van der Waals surface area contributed by atoms with Crippen molar-refractivity contribution in [3.05, 3.63) is 18.2 Å². The maximum atomic E-state index is 12.0. The second-order valence-corrected chi connectivity index (χ2v) is 5.73. The second-order valence-electron chi connectivity index (χ2n) is 5.73. The average molecular weight is 306 g/mol. The van der Waals surface area contributed by atoms with Crippen molar-refractivity contribution in [2.24, 2.45) is 5.92 Å². The van der Waals surface area contributed by atoms with Gasteiger partial charge in [-0.2, -0.15) is 0 Å². The van der Waals surface area contributed by atoms with Crippen LogP contribution in [0, 0.1) is 5.92 Å². The Morgan fingerprint density at radius 3 is 2.68 bits per heavy atom. The summed E-state index contributed by atoms with van der Waals surface area (Å²) in [5.41, 5.74) is 0.660. The number of carbonyl (C=O) groups excluding carboxylic acids is 2. The van der Waals surface area contributed by atoms with Crippen LogP contribution in [0.1, 0.15) is 27.2 Å². The second kappa shape index (κ2) is 7.15. The fraction of sp³-hybridized carbons (Fsp3) is 0.500. The van der Waals surface area contributed by atoms with E-state index in [1.165, 1.54) is 6.92 Å². The van der Waals surface area contributed by atoms with Crippen molar-refractivity contribution >= 4 is 17.5 Å². The number of rotatable bonds is 6. The van der Waals surface area contributed by atoms with Crippen molar-refractivity contribution in [1.82, 2.24) is 4.90 Å². The molecule has 0 aromatic heterocycles. The predicted octanol–water partition coefficient (Wildman–Crippen LogP) is 2.25. The molecule has 6 heteroatoms. The van der Waals surface area contributed by atoms with Gasteiger partial charge in [0.15, 0.2) is 11.5 Å². The van der Waals surface area contributed by atoms with Gasteiger partial charge in [-0.1, -0.05) is 13.8 Å². The van der Waals surface area contributed by atoms with Gasteiger partial charge in [-0.05, 0) is 18.1 Å². The summed E-state index contributed by atoms with van der Waals surface area (Å²) in [5, 5.41) is 2.81. The van der Waals surface area contributed by atoms with Crippen molar-refractivity contribution in [1.29, 1.82) is 0 Å². The Kier molecular flexibility index (Phi) is 5.25. The molecule has 0 spiro atoms. The first-order valence-corrected chi connectivity index (χ1v) is 7.40. The standard InChI is InChI=1S/C16H22N2O4/c1-11(2)9-18(12(3)19)7-6-16(20)17-13-4-5-14-15(8-13)22-10-21-14/h4-5,8,11H,6-7,9-10H2,1-3H3,(H,17,20). The van der Waals surface area contributed by atoms with E-state index in [9.17, 15) is 9.59 Å². The highest BCUT2D eigenvalue weighted by atomic mass is 16.7. The van der Waals surface area contributed by atoms with Crippen LogP contribution in [0.2, 0.25) is 0 Å². The molecule has 1 aromatic rings. The molecule has 0 saturated carbocycles. The number of anilines is 1. The summed E-state index contributed by atoms with van der Waals surface area (Å²) in [6.07, 6.45) is 0.265. The molecule has 2 rings (SSSR count). The van der Waals surface area contributed by atoms with Gasteiger partial charge in [0.2, 0.25) is 18.6 Å². The van der Waals surface area contributed by atoms with Gasteiger partial charge in [0, 0.05) is 38.2 Å². The van der Waals surface area contributed by atoms with E-state index < -0.39 is 0 Å². The van der Waals surface area contributed by atoms with Crippen molar-refractivity contribution < 1.29 is 19.1 Å². The topological polar surface area (TPSA) is 67.9 Å². The van der Waals surface area contributed by atoms with Crippen LogP contribution < -0.4 is 14.8 Å². The van der Waals surface area contributed by atoms with Gasteiger partial charge >= 0.3 is 0 Å². The summed E-state index contributed by atoms with van der Waals surface area (Å²) in [7, 11) is 0. The van der Waals surface area contributed by atoms with Gasteiger partial charge in [-0.25, -0.2) is 0 Å². The minimum Gasteiger partial charge on any atom is -0.454 e. The largest absolute Gasteiger partial charge is 0.454 e. The van der Waals surface area contributed by atoms with Crippen molar-refractivity contribution in [2.45, 2.75) is 27.2 Å². The number of nitrogens with zero attached hydrogens (tertiary/aromatic N) is 1. The zero-order valence-electron chi connectivity index (χ0n) is 13.2. The molecule has 1 aliphatic heterocycles. The summed E-state index contributed by atoms with van der Waals surface area (Å²) in [6, 6.07) is 5.26. The minimum atomic E-state index is -0.131. The molecule has 0 radical (unpaired) electrons. The first kappa shape index (κ1) is 16.1. The summed E-state index contributed by atoms with van der Waals surface area (Å²) in [4.78, 5) is 25.2. The molecule has 0 atom stereocenters. The van der Waals surface area contributed by atoms with Crippen molar-refractivity contribution in [3.63, 3.8) is 0 Å². The van der Waals surface area contributed by atoms with Crippen LogP contribution in [0.25, 0.3) is 0 Å². The lowest BCUT2D eigenvalue weighted by Crippen LogP contribution is -2.34. The van der Waals surface area contributed by atoms with Crippen LogP contribution >= 0.6 is 0 Å². The van der Waals surface area contributed by atoms with Crippen LogP contribution in [0.4, 0.5) is 5.69 Å². The first-order chi connectivity index (χ1) is 10.5. The van der Waals surface area contributed by atoms with E-state index in [1.54, 1.807) is 23.1 Å². The molecule has 120 valence electrons. The SMILES string of the molecule is CC(=O)N(CCC(=O)Nc1ccc2c(c1)OCO2)CC(C)C. The monoisotopic (exact) mass is 306 g/mol. The van der Waals surface area contributed by atoms with Gasteiger partial charge < -0.3 is 19.7 Å². The van der Waals surface area contributed by atoms with E-state index in [2.05, 4.69) is 5.32 Å². The molecule has 0 bridgehead atoms. The van der Waals surface area contributed by atoms with E-state index in [0.29, 0.717) is 36.2 Å². The molecule has 0 fully saturated rings. The third kappa shape index (κ3) is 4.38. The Balaban J connectivity index is 1.86. The summed E-state index contributed by atoms with van der Waals surface area (Å²) in [6.45, 7) is 6.90. The number of fused-ring (bicyclic) bond motifs is 1. The molecule has 1 N–H and O–H groups in total. The molecule has 2 amide bonds. The number of hydrogen-bond acceptors (Lipinski definition) is 4. The number of benzene rings is 1. The third-order valence-corrected chi connectivity index (χ3v) is 3.30. The highest BCUT2D eigenvalue weighted by Gasteiger charge is 2.15. The normalized spacial score (nSPS) is 12.4. The van der Waals surface area contributed by atoms with Crippen LogP contribution in [-0.2, 0) is 9.59 Å². The number of ether oxygens (including phenoxy) is 2. The Morgan fingerprint density at radius 1 is 1.27 bits per heavy atom. The number of amides is 2. The van der Waals surface area contributed by atoms with E-state index in [0.717, 1.165) is 0 Å². The van der Waals surface area contributed by atoms with Gasteiger partial charge in [0.25, 0.3) is 0 Å². The van der Waals surface area contributed by atoms with Crippen molar-refractivity contribution in [2.75, 3.05) is 25.2 Å².